The van der Waals surface area contributed by atoms with Crippen molar-refractivity contribution in [3.63, 3.8) is 0 Å². The van der Waals surface area contributed by atoms with Crippen LogP contribution in [-0.2, 0) is 14.4 Å². The summed E-state index contributed by atoms with van der Waals surface area (Å²) in [5, 5.41) is 32.7. The fourth-order valence-electron chi connectivity index (χ4n) is 2.98. The van der Waals surface area contributed by atoms with Crippen LogP contribution in [0.5, 0.6) is 0 Å². The molecule has 0 aromatic carbocycles. The second-order valence-electron chi connectivity index (χ2n) is 8.04. The highest BCUT2D eigenvalue weighted by molar-refractivity contribution is 6.32. The van der Waals surface area contributed by atoms with Crippen LogP contribution in [-0.4, -0.2) is 43.9 Å². The highest BCUT2D eigenvalue weighted by Gasteiger charge is 2.68. The second-order valence-corrected chi connectivity index (χ2v) is 8.04. The number of aliphatic hydroxyl groups is 3. The smallest absolute Gasteiger partial charge is 0.223 e. The van der Waals surface area contributed by atoms with E-state index in [2.05, 4.69) is 0 Å². The zero-order valence-electron chi connectivity index (χ0n) is 16.9. The molecule has 0 aliphatic heterocycles. The molecule has 0 saturated carbocycles. The zero-order valence-corrected chi connectivity index (χ0v) is 16.9. The van der Waals surface area contributed by atoms with E-state index in [0.717, 1.165) is 11.1 Å². The fourth-order valence-corrected chi connectivity index (χ4v) is 2.98. The van der Waals surface area contributed by atoms with Crippen LogP contribution in [0.15, 0.2) is 34.6 Å². The zero-order chi connectivity index (χ0) is 21.2. The van der Waals surface area contributed by atoms with Crippen molar-refractivity contribution in [2.45, 2.75) is 72.0 Å². The molecule has 0 fully saturated rings. The van der Waals surface area contributed by atoms with Crippen molar-refractivity contribution < 1.29 is 29.7 Å². The number of rotatable bonds is 8. The van der Waals surface area contributed by atoms with Gasteiger partial charge in [-0.2, -0.15) is 0 Å². The molecular weight excluding hydrogens is 348 g/mol. The van der Waals surface area contributed by atoms with Crippen LogP contribution in [0.25, 0.3) is 0 Å². The van der Waals surface area contributed by atoms with Gasteiger partial charge in [-0.15, -0.1) is 0 Å². The molecule has 150 valence electrons. The van der Waals surface area contributed by atoms with E-state index in [1.165, 1.54) is 12.2 Å². The Balaban J connectivity index is 3.55. The number of hydrogen-bond donors (Lipinski definition) is 3. The van der Waals surface area contributed by atoms with Gasteiger partial charge in [0, 0.05) is 19.3 Å². The van der Waals surface area contributed by atoms with Gasteiger partial charge in [0.05, 0.1) is 0 Å². The van der Waals surface area contributed by atoms with E-state index in [9.17, 15) is 29.7 Å². The van der Waals surface area contributed by atoms with Gasteiger partial charge in [-0.3, -0.25) is 14.4 Å². The molecular formula is C21H30O6. The van der Waals surface area contributed by atoms with Crippen LogP contribution in [0, 0.1) is 5.92 Å². The van der Waals surface area contributed by atoms with E-state index in [0.29, 0.717) is 0 Å². The monoisotopic (exact) mass is 378 g/mol. The van der Waals surface area contributed by atoms with Crippen molar-refractivity contribution in [3.8, 4) is 0 Å². The lowest BCUT2D eigenvalue weighted by Crippen LogP contribution is -2.61. The van der Waals surface area contributed by atoms with Crippen molar-refractivity contribution in [1.29, 1.82) is 0 Å². The molecule has 3 N–H and O–H groups in total. The van der Waals surface area contributed by atoms with E-state index in [1.807, 2.05) is 0 Å². The van der Waals surface area contributed by atoms with Gasteiger partial charge in [-0.05, 0) is 33.6 Å². The Kier molecular flexibility index (Phi) is 7.08. The van der Waals surface area contributed by atoms with Crippen molar-refractivity contribution >= 4 is 17.3 Å². The summed E-state index contributed by atoms with van der Waals surface area (Å²) in [6.07, 6.45) is 2.28. The first-order valence-corrected chi connectivity index (χ1v) is 9.05. The lowest BCUT2D eigenvalue weighted by atomic mass is 9.76. The molecule has 6 nitrogen and oxygen atoms in total. The molecule has 0 bridgehead atoms. The molecule has 27 heavy (non-hydrogen) atoms. The predicted molar refractivity (Wildman–Crippen MR) is 102 cm³/mol. The van der Waals surface area contributed by atoms with Crippen LogP contribution in [0.4, 0.5) is 0 Å². The van der Waals surface area contributed by atoms with Crippen LogP contribution >= 0.6 is 0 Å². The van der Waals surface area contributed by atoms with Crippen molar-refractivity contribution in [1.82, 2.24) is 0 Å². The normalized spacial score (nSPS) is 25.0. The van der Waals surface area contributed by atoms with Gasteiger partial charge in [0.25, 0.3) is 0 Å². The summed E-state index contributed by atoms with van der Waals surface area (Å²) in [6.45, 7) is 10.5. The van der Waals surface area contributed by atoms with Gasteiger partial charge < -0.3 is 15.3 Å². The summed E-state index contributed by atoms with van der Waals surface area (Å²) in [5.74, 6) is -3.93. The summed E-state index contributed by atoms with van der Waals surface area (Å²) in [4.78, 5) is 38.1. The third-order valence-electron chi connectivity index (χ3n) is 4.56. The summed E-state index contributed by atoms with van der Waals surface area (Å²) < 4.78 is 0. The number of carbonyl (C=O) groups is 3. The molecule has 6 heteroatoms. The third kappa shape index (κ3) is 4.28. The molecule has 0 heterocycles. The van der Waals surface area contributed by atoms with Crippen LogP contribution in [0.1, 0.15) is 60.8 Å². The Morgan fingerprint density at radius 3 is 2.00 bits per heavy atom. The Morgan fingerprint density at radius 1 is 1.04 bits per heavy atom. The van der Waals surface area contributed by atoms with Gasteiger partial charge in [-0.25, -0.2) is 0 Å². The van der Waals surface area contributed by atoms with Crippen LogP contribution in [0.2, 0.25) is 0 Å². The van der Waals surface area contributed by atoms with Gasteiger partial charge >= 0.3 is 0 Å². The predicted octanol–water partition coefficient (Wildman–Crippen LogP) is 2.74. The third-order valence-corrected chi connectivity index (χ3v) is 4.56. The molecule has 0 amide bonds. The van der Waals surface area contributed by atoms with Crippen molar-refractivity contribution in [2.75, 3.05) is 0 Å². The standard InChI is InChI=1S/C21H30O6/c1-12(2)7-8-16(23)21(27)19(25)17(15(22)11-14(5)6)18(24)20(21,26)10-9-13(3)4/h7,9,14,24,26-27H,8,10-11H2,1-6H3/t20-,21-/m1/s1. The quantitative estimate of drug-likeness (QED) is 0.340. The van der Waals surface area contributed by atoms with Crippen LogP contribution < -0.4 is 0 Å². The number of carbonyl (C=O) groups excluding carboxylic acids is 3. The number of hydrogen-bond acceptors (Lipinski definition) is 6. The lowest BCUT2D eigenvalue weighted by molar-refractivity contribution is -0.171. The number of Topliss-reactive ketones (excluding diaryl/α,β-unsaturated/α-hetero) is 3. The van der Waals surface area contributed by atoms with E-state index in [-0.39, 0.29) is 25.2 Å². The molecule has 1 rings (SSSR count). The Bertz CT molecular complexity index is 732. The maximum Gasteiger partial charge on any atom is 0.223 e. The SMILES string of the molecule is CC(C)=CCC(=O)[C@@]1(O)C(=O)C(C(=O)CC(C)C)=C(O)[C@]1(O)CC=C(C)C. The molecule has 0 saturated heterocycles. The first-order chi connectivity index (χ1) is 12.3. The Hall–Kier alpha value is -2.05. The van der Waals surface area contributed by atoms with Gasteiger partial charge in [0.1, 0.15) is 11.3 Å². The molecule has 0 radical (unpaired) electrons. The molecule has 0 unspecified atom stereocenters. The lowest BCUT2D eigenvalue weighted by Gasteiger charge is -2.35. The molecule has 2 atom stereocenters. The molecule has 1 aliphatic carbocycles. The largest absolute Gasteiger partial charge is 0.508 e. The first kappa shape index (κ1) is 23.0. The number of allylic oxidation sites excluding steroid dienone is 3. The van der Waals surface area contributed by atoms with Crippen molar-refractivity contribution in [2.24, 2.45) is 5.92 Å². The van der Waals surface area contributed by atoms with E-state index < -0.39 is 39.9 Å². The maximum absolute atomic E-state index is 12.9. The minimum atomic E-state index is -2.91. The highest BCUT2D eigenvalue weighted by atomic mass is 16.4. The molecule has 0 spiro atoms. The average Bonchev–Trinajstić information content (AvgIpc) is 2.69. The summed E-state index contributed by atoms with van der Waals surface area (Å²) in [7, 11) is 0. The van der Waals surface area contributed by atoms with E-state index >= 15 is 0 Å². The highest BCUT2D eigenvalue weighted by Crippen LogP contribution is 2.44. The number of aliphatic hydroxyl groups excluding tert-OH is 1. The van der Waals surface area contributed by atoms with E-state index in [4.69, 9.17) is 0 Å². The van der Waals surface area contributed by atoms with Crippen molar-refractivity contribution in [3.05, 3.63) is 34.6 Å². The summed E-state index contributed by atoms with van der Waals surface area (Å²) in [6, 6.07) is 0. The molecule has 1 aliphatic rings. The maximum atomic E-state index is 12.9. The molecule has 0 aromatic heterocycles. The molecule has 0 aromatic rings. The van der Waals surface area contributed by atoms with Crippen LogP contribution in [0.3, 0.4) is 0 Å². The second kappa shape index (κ2) is 8.31. The Morgan fingerprint density at radius 2 is 1.56 bits per heavy atom. The summed E-state index contributed by atoms with van der Waals surface area (Å²) in [5.41, 5.74) is -4.61. The first-order valence-electron chi connectivity index (χ1n) is 9.05. The Labute approximate surface area is 160 Å². The minimum absolute atomic E-state index is 0.0535. The topological polar surface area (TPSA) is 112 Å². The number of ketones is 3. The fraction of sp³-hybridized carbons (Fsp3) is 0.571. The van der Waals surface area contributed by atoms with Gasteiger partial charge in [0.15, 0.2) is 17.2 Å². The summed E-state index contributed by atoms with van der Waals surface area (Å²) >= 11 is 0. The van der Waals surface area contributed by atoms with E-state index in [1.54, 1.807) is 41.5 Å². The van der Waals surface area contributed by atoms with Gasteiger partial charge in [0.2, 0.25) is 11.4 Å². The minimum Gasteiger partial charge on any atom is -0.508 e. The average molecular weight is 378 g/mol. The van der Waals surface area contributed by atoms with Gasteiger partial charge in [-0.1, -0.05) is 37.1 Å².